The van der Waals surface area contributed by atoms with Gasteiger partial charge in [-0.1, -0.05) is 17.3 Å². The third-order valence-corrected chi connectivity index (χ3v) is 2.85. The number of nitrogens with zero attached hydrogens (tertiary/aromatic N) is 3. The molecular formula is C12H16N4O. The summed E-state index contributed by atoms with van der Waals surface area (Å²) in [5.41, 5.74) is 7.58. The highest BCUT2D eigenvalue weighted by Gasteiger charge is 2.14. The number of rotatable bonds is 3. The minimum absolute atomic E-state index is 0.110. The van der Waals surface area contributed by atoms with Crippen LogP contribution in [0.5, 0.6) is 0 Å². The van der Waals surface area contributed by atoms with Crippen LogP contribution in [0.25, 0.3) is 11.0 Å². The molecule has 0 aliphatic heterocycles. The van der Waals surface area contributed by atoms with Crippen molar-refractivity contribution in [2.45, 2.75) is 26.3 Å². The van der Waals surface area contributed by atoms with Crippen molar-refractivity contribution >= 4 is 16.9 Å². The summed E-state index contributed by atoms with van der Waals surface area (Å²) in [4.78, 5) is 4.49. The fourth-order valence-corrected chi connectivity index (χ4v) is 2.16. The molecule has 3 N–H and O–H groups in total. The highest BCUT2D eigenvalue weighted by atomic mass is 16.4. The standard InChI is InChI=1S/C12H16N4O/c1-8(7-12(13)15-17)16-9(2)14-10-5-3-4-6-11(10)16/h3-6,8,17H,7H2,1-2H3,(H2,13,15). The van der Waals surface area contributed by atoms with Gasteiger partial charge in [0, 0.05) is 12.5 Å². The molecule has 0 aliphatic carbocycles. The molecule has 0 aliphatic rings. The second kappa shape index (κ2) is 4.45. The summed E-state index contributed by atoms with van der Waals surface area (Å²) in [5, 5.41) is 11.6. The van der Waals surface area contributed by atoms with Gasteiger partial charge in [-0.25, -0.2) is 4.98 Å². The van der Waals surface area contributed by atoms with Crippen LogP contribution < -0.4 is 5.73 Å². The van der Waals surface area contributed by atoms with Crippen LogP contribution in [0, 0.1) is 6.92 Å². The van der Waals surface area contributed by atoms with Gasteiger partial charge in [0.15, 0.2) is 0 Å². The van der Waals surface area contributed by atoms with E-state index in [0.717, 1.165) is 16.9 Å². The molecule has 2 aromatic rings. The lowest BCUT2D eigenvalue weighted by molar-refractivity contribution is 0.315. The third-order valence-electron chi connectivity index (χ3n) is 2.85. The molecule has 0 amide bonds. The number of amidine groups is 1. The zero-order valence-corrected chi connectivity index (χ0v) is 9.96. The summed E-state index contributed by atoms with van der Waals surface area (Å²) in [7, 11) is 0. The van der Waals surface area contributed by atoms with Gasteiger partial charge in [0.25, 0.3) is 0 Å². The zero-order chi connectivity index (χ0) is 12.4. The number of hydrogen-bond donors (Lipinski definition) is 2. The molecule has 0 saturated heterocycles. The fraction of sp³-hybridized carbons (Fsp3) is 0.333. The second-order valence-corrected chi connectivity index (χ2v) is 4.16. The van der Waals surface area contributed by atoms with Crippen molar-refractivity contribution in [1.82, 2.24) is 9.55 Å². The van der Waals surface area contributed by atoms with E-state index in [1.165, 1.54) is 0 Å². The number of oxime groups is 1. The lowest BCUT2D eigenvalue weighted by Crippen LogP contribution is -2.18. The van der Waals surface area contributed by atoms with Crippen LogP contribution in [-0.2, 0) is 0 Å². The summed E-state index contributed by atoms with van der Waals surface area (Å²) >= 11 is 0. The maximum absolute atomic E-state index is 8.60. The van der Waals surface area contributed by atoms with Gasteiger partial charge in [-0.3, -0.25) is 0 Å². The van der Waals surface area contributed by atoms with Crippen LogP contribution in [0.1, 0.15) is 25.2 Å². The Morgan fingerprint density at radius 3 is 2.94 bits per heavy atom. The van der Waals surface area contributed by atoms with Crippen LogP contribution in [0.4, 0.5) is 0 Å². The Hall–Kier alpha value is -2.04. The van der Waals surface area contributed by atoms with Crippen LogP contribution in [0.3, 0.4) is 0 Å². The van der Waals surface area contributed by atoms with Crippen molar-refractivity contribution in [2.75, 3.05) is 0 Å². The summed E-state index contributed by atoms with van der Waals surface area (Å²) in [6.07, 6.45) is 0.498. The summed E-state index contributed by atoms with van der Waals surface area (Å²) < 4.78 is 2.10. The van der Waals surface area contributed by atoms with Gasteiger partial charge in [-0.05, 0) is 26.0 Å². The van der Waals surface area contributed by atoms with E-state index >= 15 is 0 Å². The fourth-order valence-electron chi connectivity index (χ4n) is 2.16. The Bertz CT molecular complexity index is 559. The molecule has 2 rings (SSSR count). The predicted octanol–water partition coefficient (Wildman–Crippen LogP) is 2.04. The topological polar surface area (TPSA) is 76.4 Å². The van der Waals surface area contributed by atoms with E-state index in [2.05, 4.69) is 14.7 Å². The maximum atomic E-state index is 8.60. The van der Waals surface area contributed by atoms with Gasteiger partial charge in [-0.15, -0.1) is 0 Å². The van der Waals surface area contributed by atoms with E-state index in [-0.39, 0.29) is 11.9 Å². The van der Waals surface area contributed by atoms with E-state index in [4.69, 9.17) is 10.9 Å². The lowest BCUT2D eigenvalue weighted by Gasteiger charge is -2.15. The number of aromatic nitrogens is 2. The number of aryl methyl sites for hydroxylation is 1. The van der Waals surface area contributed by atoms with Crippen LogP contribution in [-0.4, -0.2) is 20.6 Å². The van der Waals surface area contributed by atoms with E-state index in [1.807, 2.05) is 38.1 Å². The number of benzene rings is 1. The Morgan fingerprint density at radius 1 is 1.53 bits per heavy atom. The van der Waals surface area contributed by atoms with Crippen molar-refractivity contribution < 1.29 is 5.21 Å². The minimum atomic E-state index is 0.110. The highest BCUT2D eigenvalue weighted by molar-refractivity contribution is 5.81. The van der Waals surface area contributed by atoms with E-state index in [1.54, 1.807) is 0 Å². The monoisotopic (exact) mass is 232 g/mol. The average molecular weight is 232 g/mol. The first kappa shape index (κ1) is 11.4. The maximum Gasteiger partial charge on any atom is 0.141 e. The lowest BCUT2D eigenvalue weighted by atomic mass is 10.2. The molecule has 5 heteroatoms. The van der Waals surface area contributed by atoms with Crippen molar-refractivity contribution in [2.24, 2.45) is 10.9 Å². The van der Waals surface area contributed by atoms with Gasteiger partial charge in [-0.2, -0.15) is 0 Å². The molecule has 17 heavy (non-hydrogen) atoms. The molecule has 1 heterocycles. The Kier molecular flexibility index (Phi) is 2.99. The number of fused-ring (bicyclic) bond motifs is 1. The highest BCUT2D eigenvalue weighted by Crippen LogP contribution is 2.22. The Morgan fingerprint density at radius 2 is 2.24 bits per heavy atom. The van der Waals surface area contributed by atoms with Crippen molar-refractivity contribution in [1.29, 1.82) is 0 Å². The minimum Gasteiger partial charge on any atom is -0.409 e. The molecule has 0 radical (unpaired) electrons. The normalized spacial score (nSPS) is 14.1. The van der Waals surface area contributed by atoms with Crippen LogP contribution in [0.2, 0.25) is 0 Å². The van der Waals surface area contributed by atoms with Gasteiger partial charge >= 0.3 is 0 Å². The molecule has 90 valence electrons. The molecule has 5 nitrogen and oxygen atoms in total. The molecule has 1 aromatic heterocycles. The van der Waals surface area contributed by atoms with E-state index in [9.17, 15) is 0 Å². The summed E-state index contributed by atoms with van der Waals surface area (Å²) in [5.74, 6) is 1.17. The SMILES string of the molecule is Cc1nc2ccccc2n1C(C)CC(N)=NO. The first-order valence-corrected chi connectivity index (χ1v) is 5.53. The summed E-state index contributed by atoms with van der Waals surface area (Å²) in [6.45, 7) is 3.99. The molecule has 0 spiro atoms. The largest absolute Gasteiger partial charge is 0.409 e. The number of hydrogen-bond acceptors (Lipinski definition) is 3. The first-order chi connectivity index (χ1) is 8.13. The second-order valence-electron chi connectivity index (χ2n) is 4.16. The van der Waals surface area contributed by atoms with Crippen molar-refractivity contribution in [3.8, 4) is 0 Å². The van der Waals surface area contributed by atoms with Crippen LogP contribution >= 0.6 is 0 Å². The third kappa shape index (κ3) is 2.08. The average Bonchev–Trinajstić information content (AvgIpc) is 2.64. The number of para-hydroxylation sites is 2. The molecule has 1 aromatic carbocycles. The van der Waals surface area contributed by atoms with Crippen LogP contribution in [0.15, 0.2) is 29.4 Å². The van der Waals surface area contributed by atoms with Gasteiger partial charge in [0.2, 0.25) is 0 Å². The zero-order valence-electron chi connectivity index (χ0n) is 9.96. The smallest absolute Gasteiger partial charge is 0.141 e. The molecule has 1 atom stereocenters. The molecule has 0 bridgehead atoms. The van der Waals surface area contributed by atoms with Gasteiger partial charge < -0.3 is 15.5 Å². The molecular weight excluding hydrogens is 216 g/mol. The Balaban J connectivity index is 2.44. The first-order valence-electron chi connectivity index (χ1n) is 5.53. The Labute approximate surface area is 99.6 Å². The molecule has 0 saturated carbocycles. The summed E-state index contributed by atoms with van der Waals surface area (Å²) in [6, 6.07) is 8.06. The quantitative estimate of drug-likeness (QED) is 0.368. The number of nitrogens with two attached hydrogens (primary N) is 1. The number of imidazole rings is 1. The van der Waals surface area contributed by atoms with Crippen molar-refractivity contribution in [3.63, 3.8) is 0 Å². The van der Waals surface area contributed by atoms with Gasteiger partial charge in [0.05, 0.1) is 11.0 Å². The van der Waals surface area contributed by atoms with E-state index < -0.39 is 0 Å². The molecule has 1 unspecified atom stereocenters. The van der Waals surface area contributed by atoms with E-state index in [0.29, 0.717) is 6.42 Å². The molecule has 0 fully saturated rings. The van der Waals surface area contributed by atoms with Gasteiger partial charge in [0.1, 0.15) is 11.7 Å². The van der Waals surface area contributed by atoms with Crippen molar-refractivity contribution in [3.05, 3.63) is 30.1 Å². The predicted molar refractivity (Wildman–Crippen MR) is 67.2 cm³/mol.